The van der Waals surface area contributed by atoms with Crippen LogP contribution in [-0.2, 0) is 0 Å². The zero-order chi connectivity index (χ0) is 15.4. The molecule has 8 heteroatoms. The van der Waals surface area contributed by atoms with E-state index in [-0.39, 0.29) is 17.4 Å². The van der Waals surface area contributed by atoms with E-state index >= 15 is 0 Å². The number of benzene rings is 1. The zero-order valence-electron chi connectivity index (χ0n) is 11.1. The number of hydrogen-bond acceptors (Lipinski definition) is 4. The molecule has 0 saturated carbocycles. The van der Waals surface area contributed by atoms with Crippen LogP contribution in [0.25, 0.3) is 0 Å². The van der Waals surface area contributed by atoms with Crippen molar-refractivity contribution in [3.8, 4) is 5.75 Å². The van der Waals surface area contributed by atoms with Crippen LogP contribution in [0, 0.1) is 10.1 Å². The monoisotopic (exact) mass is 350 g/mol. The molecular formula is C13H13Cl3N2O3. The third-order valence-corrected chi connectivity index (χ3v) is 4.85. The minimum absolute atomic E-state index is 0.178. The van der Waals surface area contributed by atoms with Crippen molar-refractivity contribution in [1.82, 2.24) is 4.90 Å². The highest BCUT2D eigenvalue weighted by Crippen LogP contribution is 2.53. The summed E-state index contributed by atoms with van der Waals surface area (Å²) in [5.41, 5.74) is -0.669. The van der Waals surface area contributed by atoms with Crippen molar-refractivity contribution in [2.75, 3.05) is 20.1 Å². The fourth-order valence-corrected chi connectivity index (χ4v) is 4.15. The lowest BCUT2D eigenvalue weighted by Gasteiger charge is -2.41. The lowest BCUT2D eigenvalue weighted by Crippen LogP contribution is -2.63. The van der Waals surface area contributed by atoms with Crippen LogP contribution < -0.4 is 4.74 Å². The molecule has 0 amide bonds. The van der Waals surface area contributed by atoms with E-state index in [9.17, 15) is 10.1 Å². The second-order valence-electron chi connectivity index (χ2n) is 5.58. The van der Waals surface area contributed by atoms with Crippen LogP contribution >= 0.6 is 34.8 Å². The van der Waals surface area contributed by atoms with Crippen molar-refractivity contribution in [3.05, 3.63) is 39.9 Å². The quantitative estimate of drug-likeness (QED) is 0.443. The minimum atomic E-state index is -1.88. The molecule has 0 spiro atoms. The first-order chi connectivity index (χ1) is 9.76. The second kappa shape index (κ2) is 4.88. The van der Waals surface area contributed by atoms with Gasteiger partial charge in [-0.2, -0.15) is 0 Å². The Morgan fingerprint density at radius 3 is 2.71 bits per heavy atom. The van der Waals surface area contributed by atoms with Gasteiger partial charge in [-0.1, -0.05) is 53.0 Å². The highest BCUT2D eigenvalue weighted by atomic mass is 35.6. The first-order valence-electron chi connectivity index (χ1n) is 6.42. The molecule has 2 aliphatic heterocycles. The molecule has 0 radical (unpaired) electrons. The number of fused-ring (bicyclic) bond motifs is 3. The van der Waals surface area contributed by atoms with E-state index < -0.39 is 15.4 Å². The van der Waals surface area contributed by atoms with E-state index in [0.717, 1.165) is 5.56 Å². The Labute approximate surface area is 136 Å². The van der Waals surface area contributed by atoms with E-state index in [4.69, 9.17) is 39.5 Å². The van der Waals surface area contributed by atoms with E-state index in [2.05, 4.69) is 0 Å². The molecule has 0 aromatic heterocycles. The predicted octanol–water partition coefficient (Wildman–Crippen LogP) is 2.86. The number of para-hydroxylation sites is 1. The van der Waals surface area contributed by atoms with Crippen LogP contribution in [0.15, 0.2) is 24.3 Å². The lowest BCUT2D eigenvalue weighted by molar-refractivity contribution is -0.581. The van der Waals surface area contributed by atoms with Gasteiger partial charge in [0.05, 0.1) is 12.5 Å². The third kappa shape index (κ3) is 2.18. The van der Waals surface area contributed by atoms with Crippen molar-refractivity contribution in [2.24, 2.45) is 0 Å². The van der Waals surface area contributed by atoms with Gasteiger partial charge in [-0.3, -0.25) is 15.0 Å². The maximum atomic E-state index is 11.9. The number of rotatable bonds is 1. The second-order valence-corrected chi connectivity index (χ2v) is 7.94. The Morgan fingerprint density at radius 2 is 2.10 bits per heavy atom. The molecule has 0 bridgehead atoms. The summed E-state index contributed by atoms with van der Waals surface area (Å²) in [6.45, 7) is 0.705. The SMILES string of the molecule is CN1C[C@H]2c3ccccc3O[C@@H](C(Cl)(Cl)Cl)[C@@]2([N+](=O)[O-])C1. The van der Waals surface area contributed by atoms with Crippen LogP contribution in [0.4, 0.5) is 0 Å². The van der Waals surface area contributed by atoms with Crippen LogP contribution in [-0.4, -0.2) is 45.4 Å². The molecule has 3 atom stereocenters. The fourth-order valence-electron chi connectivity index (χ4n) is 3.45. The molecule has 1 fully saturated rings. The number of likely N-dealkylation sites (tertiary alicyclic amines) is 1. The smallest absolute Gasteiger partial charge is 0.282 e. The molecule has 114 valence electrons. The van der Waals surface area contributed by atoms with Crippen molar-refractivity contribution < 1.29 is 9.66 Å². The number of likely N-dealkylation sites (N-methyl/N-ethyl adjacent to an activating group) is 1. The summed E-state index contributed by atoms with van der Waals surface area (Å²) < 4.78 is 3.87. The largest absolute Gasteiger partial charge is 0.478 e. The summed E-state index contributed by atoms with van der Waals surface area (Å²) in [7, 11) is 1.82. The van der Waals surface area contributed by atoms with E-state index in [1.807, 2.05) is 24.1 Å². The molecule has 1 saturated heterocycles. The molecule has 0 aliphatic carbocycles. The van der Waals surface area contributed by atoms with Gasteiger partial charge in [0.15, 0.2) is 0 Å². The van der Waals surface area contributed by atoms with Gasteiger partial charge >= 0.3 is 0 Å². The van der Waals surface area contributed by atoms with Gasteiger partial charge in [-0.05, 0) is 13.1 Å². The minimum Gasteiger partial charge on any atom is -0.478 e. The van der Waals surface area contributed by atoms with Crippen molar-refractivity contribution >= 4 is 34.8 Å². The van der Waals surface area contributed by atoms with E-state index in [1.165, 1.54) is 0 Å². The summed E-state index contributed by atoms with van der Waals surface area (Å²) in [5.74, 6) is 0.176. The predicted molar refractivity (Wildman–Crippen MR) is 81.1 cm³/mol. The Balaban J connectivity index is 2.22. The van der Waals surface area contributed by atoms with E-state index in [1.54, 1.807) is 12.1 Å². The van der Waals surface area contributed by atoms with Crippen LogP contribution in [0.2, 0.25) is 0 Å². The highest BCUT2D eigenvalue weighted by Gasteiger charge is 2.70. The summed E-state index contributed by atoms with van der Waals surface area (Å²) >= 11 is 18.0. The maximum Gasteiger partial charge on any atom is 0.282 e. The summed E-state index contributed by atoms with van der Waals surface area (Å²) in [6, 6.07) is 7.22. The molecule has 21 heavy (non-hydrogen) atoms. The molecule has 5 nitrogen and oxygen atoms in total. The summed E-state index contributed by atoms with van der Waals surface area (Å²) in [6.07, 6.45) is -1.14. The number of ether oxygens (including phenoxy) is 1. The number of nitrogens with zero attached hydrogens (tertiary/aromatic N) is 2. The van der Waals surface area contributed by atoms with Gasteiger partial charge in [-0.15, -0.1) is 0 Å². The molecule has 0 unspecified atom stereocenters. The normalized spacial score (nSPS) is 32.2. The van der Waals surface area contributed by atoms with Gasteiger partial charge in [0.1, 0.15) is 5.75 Å². The first kappa shape index (κ1) is 15.2. The maximum absolute atomic E-state index is 11.9. The Morgan fingerprint density at radius 1 is 1.43 bits per heavy atom. The lowest BCUT2D eigenvalue weighted by atomic mass is 9.76. The molecule has 3 rings (SSSR count). The Bertz CT molecular complexity index is 592. The highest BCUT2D eigenvalue weighted by molar-refractivity contribution is 6.68. The average Bonchev–Trinajstić information content (AvgIpc) is 2.75. The number of hydrogen-bond donors (Lipinski definition) is 0. The van der Waals surface area contributed by atoms with Crippen molar-refractivity contribution in [2.45, 2.75) is 21.4 Å². The molecule has 1 aromatic rings. The molecule has 1 aromatic carbocycles. The zero-order valence-corrected chi connectivity index (χ0v) is 13.4. The molecule has 0 N–H and O–H groups in total. The van der Waals surface area contributed by atoms with Gasteiger partial charge in [-0.25, -0.2) is 0 Å². The summed E-state index contributed by atoms with van der Waals surface area (Å²) in [5, 5.41) is 11.9. The van der Waals surface area contributed by atoms with Gasteiger partial charge in [0, 0.05) is 17.0 Å². The Hall–Kier alpha value is -0.750. The number of alkyl halides is 3. The van der Waals surface area contributed by atoms with Crippen LogP contribution in [0.5, 0.6) is 5.75 Å². The molecule has 2 aliphatic rings. The van der Waals surface area contributed by atoms with Crippen LogP contribution in [0.3, 0.4) is 0 Å². The fraction of sp³-hybridized carbons (Fsp3) is 0.538. The van der Waals surface area contributed by atoms with Gasteiger partial charge < -0.3 is 4.74 Å². The standard InChI is InChI=1S/C13H13Cl3N2O3/c1-17-6-9-8-4-2-3-5-10(8)21-11(13(14,15)16)12(9,7-17)18(19)20/h2-5,9,11H,6-7H2,1H3/t9-,11+,12+/m0/s1. The van der Waals surface area contributed by atoms with Gasteiger partial charge in [0.2, 0.25) is 9.90 Å². The summed E-state index contributed by atoms with van der Waals surface area (Å²) in [4.78, 5) is 13.4. The van der Waals surface area contributed by atoms with Crippen molar-refractivity contribution in [1.29, 1.82) is 0 Å². The first-order valence-corrected chi connectivity index (χ1v) is 7.55. The third-order valence-electron chi connectivity index (χ3n) is 4.25. The number of nitro groups is 1. The molecular weight excluding hydrogens is 339 g/mol. The Kier molecular flexibility index (Phi) is 3.52. The van der Waals surface area contributed by atoms with Gasteiger partial charge in [0.25, 0.3) is 5.54 Å². The number of halogens is 3. The van der Waals surface area contributed by atoms with Crippen LogP contribution in [0.1, 0.15) is 11.5 Å². The molecule has 2 heterocycles. The van der Waals surface area contributed by atoms with Crippen molar-refractivity contribution in [3.63, 3.8) is 0 Å². The average molecular weight is 352 g/mol. The van der Waals surface area contributed by atoms with E-state index in [0.29, 0.717) is 12.3 Å². The topological polar surface area (TPSA) is 55.6 Å².